The molecule has 2 N–H and O–H groups in total. The van der Waals surface area contributed by atoms with E-state index in [1.54, 1.807) is 23.9 Å². The van der Waals surface area contributed by atoms with Crippen molar-refractivity contribution in [2.75, 3.05) is 41.0 Å². The van der Waals surface area contributed by atoms with E-state index in [2.05, 4.69) is 10.6 Å². The third kappa shape index (κ3) is 5.17. The predicted octanol–water partition coefficient (Wildman–Crippen LogP) is 3.49. The van der Waals surface area contributed by atoms with Gasteiger partial charge in [0.1, 0.15) is 0 Å². The van der Waals surface area contributed by atoms with Gasteiger partial charge in [0, 0.05) is 52.9 Å². The molecule has 1 fully saturated rings. The molecule has 0 unspecified atom stereocenters. The van der Waals surface area contributed by atoms with Gasteiger partial charge in [0.15, 0.2) is 0 Å². The van der Waals surface area contributed by atoms with Gasteiger partial charge in [-0.15, -0.1) is 11.8 Å². The summed E-state index contributed by atoms with van der Waals surface area (Å²) in [4.78, 5) is 39.7. The zero-order chi connectivity index (χ0) is 20.9. The molecular weight excluding hydrogens is 418 g/mol. The quantitative estimate of drug-likeness (QED) is 0.759. The lowest BCUT2D eigenvalue weighted by Crippen LogP contribution is -2.38. The van der Waals surface area contributed by atoms with Gasteiger partial charge < -0.3 is 15.5 Å². The molecule has 4 rings (SSSR count). The second-order valence-electron chi connectivity index (χ2n) is 7.18. The molecule has 156 valence electrons. The van der Waals surface area contributed by atoms with Crippen LogP contribution in [-0.4, -0.2) is 53.0 Å². The zero-order valence-corrected chi connectivity index (χ0v) is 18.1. The van der Waals surface area contributed by atoms with Crippen LogP contribution in [0.5, 0.6) is 0 Å². The van der Waals surface area contributed by atoms with E-state index in [1.807, 2.05) is 47.0 Å². The summed E-state index contributed by atoms with van der Waals surface area (Å²) < 4.78 is 0. The smallest absolute Gasteiger partial charge is 0.255 e. The monoisotopic (exact) mass is 441 g/mol. The number of hydrogen-bond acceptors (Lipinski definition) is 5. The number of nitrogens with one attached hydrogen (secondary N) is 2. The standard InChI is InChI=1S/C22H23N3O3S2/c26-20-7-10-30-19-6-3-16(14-18(19)24-20)22(28)23-17-4-1-15(2-5-17)13-21(27)25-8-11-29-12-9-25/h1-6,14H,7-13H2,(H,23,28)(H,24,26). The summed E-state index contributed by atoms with van der Waals surface area (Å²) >= 11 is 3.49. The Bertz CT molecular complexity index is 957. The first-order valence-electron chi connectivity index (χ1n) is 9.91. The van der Waals surface area contributed by atoms with E-state index in [9.17, 15) is 14.4 Å². The molecule has 8 heteroatoms. The Labute approximate surface area is 184 Å². The van der Waals surface area contributed by atoms with Crippen molar-refractivity contribution in [3.8, 4) is 0 Å². The van der Waals surface area contributed by atoms with Crippen LogP contribution in [0.2, 0.25) is 0 Å². The summed E-state index contributed by atoms with van der Waals surface area (Å²) in [6.07, 6.45) is 0.841. The highest BCUT2D eigenvalue weighted by molar-refractivity contribution is 7.99. The third-order valence-electron chi connectivity index (χ3n) is 5.03. The number of nitrogens with zero attached hydrogens (tertiary/aromatic N) is 1. The lowest BCUT2D eigenvalue weighted by Gasteiger charge is -2.26. The molecule has 0 aliphatic carbocycles. The predicted molar refractivity (Wildman–Crippen MR) is 122 cm³/mol. The van der Waals surface area contributed by atoms with Crippen LogP contribution in [0.1, 0.15) is 22.3 Å². The fraction of sp³-hybridized carbons (Fsp3) is 0.318. The minimum atomic E-state index is -0.240. The van der Waals surface area contributed by atoms with Gasteiger partial charge in [0.05, 0.1) is 12.1 Å². The molecule has 1 saturated heterocycles. The Hall–Kier alpha value is -2.45. The number of hydrogen-bond donors (Lipinski definition) is 2. The van der Waals surface area contributed by atoms with Crippen LogP contribution in [0.15, 0.2) is 47.4 Å². The average molecular weight is 442 g/mol. The van der Waals surface area contributed by atoms with E-state index in [-0.39, 0.29) is 17.7 Å². The minimum absolute atomic E-state index is 0.0350. The molecular formula is C22H23N3O3S2. The van der Waals surface area contributed by atoms with Crippen LogP contribution in [-0.2, 0) is 16.0 Å². The zero-order valence-electron chi connectivity index (χ0n) is 16.5. The van der Waals surface area contributed by atoms with Gasteiger partial charge in [0.2, 0.25) is 11.8 Å². The highest BCUT2D eigenvalue weighted by atomic mass is 32.2. The Morgan fingerprint density at radius 3 is 2.57 bits per heavy atom. The van der Waals surface area contributed by atoms with Crippen molar-refractivity contribution in [3.05, 3.63) is 53.6 Å². The summed E-state index contributed by atoms with van der Waals surface area (Å²) in [6, 6.07) is 12.7. The number of carbonyl (C=O) groups is 3. The van der Waals surface area contributed by atoms with Crippen LogP contribution in [0.25, 0.3) is 0 Å². The molecule has 0 bridgehead atoms. The fourth-order valence-corrected chi connectivity index (χ4v) is 5.21. The van der Waals surface area contributed by atoms with Gasteiger partial charge in [-0.1, -0.05) is 12.1 Å². The van der Waals surface area contributed by atoms with E-state index in [0.717, 1.165) is 40.8 Å². The molecule has 0 saturated carbocycles. The topological polar surface area (TPSA) is 78.5 Å². The Kier molecular flexibility index (Phi) is 6.64. The molecule has 30 heavy (non-hydrogen) atoms. The summed E-state index contributed by atoms with van der Waals surface area (Å²) in [5.41, 5.74) is 2.76. The average Bonchev–Trinajstić information content (AvgIpc) is 2.95. The summed E-state index contributed by atoms with van der Waals surface area (Å²) in [5.74, 6) is 2.61. The first kappa shape index (κ1) is 20.8. The maximum Gasteiger partial charge on any atom is 0.255 e. The van der Waals surface area contributed by atoms with Gasteiger partial charge in [-0.3, -0.25) is 14.4 Å². The van der Waals surface area contributed by atoms with Crippen molar-refractivity contribution in [3.63, 3.8) is 0 Å². The lowest BCUT2D eigenvalue weighted by molar-refractivity contribution is -0.130. The van der Waals surface area contributed by atoms with Crippen molar-refractivity contribution in [2.24, 2.45) is 0 Å². The molecule has 3 amide bonds. The van der Waals surface area contributed by atoms with Gasteiger partial charge in [-0.05, 0) is 35.9 Å². The van der Waals surface area contributed by atoms with Crippen LogP contribution in [0.3, 0.4) is 0 Å². The number of rotatable bonds is 4. The van der Waals surface area contributed by atoms with Gasteiger partial charge in [-0.25, -0.2) is 0 Å². The second kappa shape index (κ2) is 9.57. The number of carbonyl (C=O) groups excluding carboxylic acids is 3. The van der Waals surface area contributed by atoms with Gasteiger partial charge in [-0.2, -0.15) is 11.8 Å². The molecule has 0 spiro atoms. The van der Waals surface area contributed by atoms with Crippen LogP contribution < -0.4 is 10.6 Å². The van der Waals surface area contributed by atoms with Crippen molar-refractivity contribution in [1.29, 1.82) is 0 Å². The lowest BCUT2D eigenvalue weighted by atomic mass is 10.1. The van der Waals surface area contributed by atoms with Crippen LogP contribution >= 0.6 is 23.5 Å². The Morgan fingerprint density at radius 2 is 1.80 bits per heavy atom. The van der Waals surface area contributed by atoms with E-state index < -0.39 is 0 Å². The van der Waals surface area contributed by atoms with Gasteiger partial charge >= 0.3 is 0 Å². The Morgan fingerprint density at radius 1 is 1.03 bits per heavy atom. The number of amides is 3. The number of thioether (sulfide) groups is 2. The molecule has 6 nitrogen and oxygen atoms in total. The number of benzene rings is 2. The van der Waals surface area contributed by atoms with E-state index in [4.69, 9.17) is 0 Å². The molecule has 2 aromatic rings. The van der Waals surface area contributed by atoms with Crippen molar-refractivity contribution >= 4 is 52.6 Å². The molecule has 2 aliphatic rings. The van der Waals surface area contributed by atoms with Crippen molar-refractivity contribution < 1.29 is 14.4 Å². The summed E-state index contributed by atoms with van der Waals surface area (Å²) in [6.45, 7) is 1.63. The SMILES string of the molecule is O=C1CCSc2ccc(C(=O)Nc3ccc(CC(=O)N4CCSCC4)cc3)cc2N1. The molecule has 2 heterocycles. The second-order valence-corrected chi connectivity index (χ2v) is 9.54. The highest BCUT2D eigenvalue weighted by Gasteiger charge is 2.18. The maximum absolute atomic E-state index is 12.6. The van der Waals surface area contributed by atoms with Gasteiger partial charge in [0.25, 0.3) is 5.91 Å². The van der Waals surface area contributed by atoms with Crippen molar-refractivity contribution in [2.45, 2.75) is 17.7 Å². The number of fused-ring (bicyclic) bond motifs is 1. The fourth-order valence-electron chi connectivity index (χ4n) is 3.37. The maximum atomic E-state index is 12.6. The summed E-state index contributed by atoms with van der Waals surface area (Å²) in [7, 11) is 0. The van der Waals surface area contributed by atoms with Crippen LogP contribution in [0.4, 0.5) is 11.4 Å². The van der Waals surface area contributed by atoms with E-state index >= 15 is 0 Å². The van der Waals surface area contributed by atoms with Crippen molar-refractivity contribution in [1.82, 2.24) is 4.90 Å². The largest absolute Gasteiger partial charge is 0.341 e. The molecule has 0 radical (unpaired) electrons. The van der Waals surface area contributed by atoms with E-state index in [0.29, 0.717) is 29.8 Å². The molecule has 0 aromatic heterocycles. The minimum Gasteiger partial charge on any atom is -0.341 e. The first-order valence-corrected chi connectivity index (χ1v) is 12.0. The molecule has 2 aliphatic heterocycles. The van der Waals surface area contributed by atoms with Crippen LogP contribution in [0, 0.1) is 0 Å². The number of anilines is 2. The first-order chi connectivity index (χ1) is 14.6. The third-order valence-corrected chi connectivity index (χ3v) is 7.05. The summed E-state index contributed by atoms with van der Waals surface area (Å²) in [5, 5.41) is 5.74. The van der Waals surface area contributed by atoms with E-state index in [1.165, 1.54) is 0 Å². The normalized spacial score (nSPS) is 16.3. The molecule has 0 atom stereocenters. The Balaban J connectivity index is 1.38. The highest BCUT2D eigenvalue weighted by Crippen LogP contribution is 2.31. The molecule has 2 aromatic carbocycles.